The average molecular weight is 317 g/mol. The third-order valence-corrected chi connectivity index (χ3v) is 4.40. The van der Waals surface area contributed by atoms with Gasteiger partial charge in [0, 0.05) is 49.2 Å². The number of aliphatic hydroxyl groups excluding tert-OH is 1. The molecule has 1 aliphatic rings. The van der Waals surface area contributed by atoms with E-state index >= 15 is 0 Å². The zero-order valence-electron chi connectivity index (χ0n) is 12.6. The molecule has 2 aromatic carbocycles. The molecule has 0 aliphatic carbocycles. The van der Waals surface area contributed by atoms with Crippen molar-refractivity contribution < 1.29 is 5.11 Å². The Labute approximate surface area is 136 Å². The second-order valence-corrected chi connectivity index (χ2v) is 5.99. The molecule has 0 atom stereocenters. The number of rotatable bonds is 4. The lowest BCUT2D eigenvalue weighted by molar-refractivity contribution is 0.299. The van der Waals surface area contributed by atoms with Gasteiger partial charge in [-0.1, -0.05) is 35.9 Å². The molecule has 0 saturated carbocycles. The summed E-state index contributed by atoms with van der Waals surface area (Å²) in [5, 5.41) is 10.0. The molecule has 22 heavy (non-hydrogen) atoms. The Morgan fingerprint density at radius 2 is 1.64 bits per heavy atom. The zero-order valence-corrected chi connectivity index (χ0v) is 13.3. The van der Waals surface area contributed by atoms with Crippen LogP contribution in [0.25, 0.3) is 0 Å². The van der Waals surface area contributed by atoms with Crippen molar-refractivity contribution in [3.05, 3.63) is 59.1 Å². The maximum Gasteiger partial charge on any atom is 0.0472 e. The normalized spacial score (nSPS) is 15.2. The van der Waals surface area contributed by atoms with Crippen LogP contribution in [0.15, 0.2) is 48.5 Å². The molecule has 1 N–H and O–H groups in total. The summed E-state index contributed by atoms with van der Waals surface area (Å²) in [4.78, 5) is 4.78. The first-order valence-electron chi connectivity index (χ1n) is 7.72. The Morgan fingerprint density at radius 1 is 0.909 bits per heavy atom. The van der Waals surface area contributed by atoms with Gasteiger partial charge in [-0.25, -0.2) is 0 Å². The van der Waals surface area contributed by atoms with Crippen LogP contribution in [0.5, 0.6) is 0 Å². The first-order chi connectivity index (χ1) is 10.8. The molecule has 1 aliphatic heterocycles. The van der Waals surface area contributed by atoms with Gasteiger partial charge in [-0.3, -0.25) is 0 Å². The first-order valence-corrected chi connectivity index (χ1v) is 8.10. The Bertz CT molecular complexity index is 624. The van der Waals surface area contributed by atoms with Gasteiger partial charge in [0.15, 0.2) is 0 Å². The summed E-state index contributed by atoms with van der Waals surface area (Å²) in [6, 6.07) is 16.4. The number of aliphatic hydroxyl groups is 1. The number of halogens is 1. The van der Waals surface area contributed by atoms with Crippen LogP contribution in [0.4, 0.5) is 11.4 Å². The minimum absolute atomic E-state index is 0.194. The third kappa shape index (κ3) is 3.37. The van der Waals surface area contributed by atoms with Crippen LogP contribution in [-0.4, -0.2) is 37.9 Å². The molecule has 0 unspecified atom stereocenters. The number of benzene rings is 2. The van der Waals surface area contributed by atoms with Gasteiger partial charge in [0.05, 0.1) is 0 Å². The van der Waals surface area contributed by atoms with Crippen molar-refractivity contribution in [2.75, 3.05) is 42.6 Å². The van der Waals surface area contributed by atoms with Gasteiger partial charge in [0.2, 0.25) is 0 Å². The van der Waals surface area contributed by atoms with E-state index < -0.39 is 0 Å². The molecule has 0 bridgehead atoms. The molecule has 0 spiro atoms. The fraction of sp³-hybridized carbons (Fsp3) is 0.333. The van der Waals surface area contributed by atoms with E-state index in [-0.39, 0.29) is 6.61 Å². The highest BCUT2D eigenvalue weighted by molar-refractivity contribution is 6.30. The lowest BCUT2D eigenvalue weighted by Gasteiger charge is -2.38. The molecule has 0 aromatic heterocycles. The minimum atomic E-state index is 0.194. The molecule has 0 amide bonds. The van der Waals surface area contributed by atoms with E-state index in [2.05, 4.69) is 34.1 Å². The number of hydrogen-bond acceptors (Lipinski definition) is 3. The van der Waals surface area contributed by atoms with Gasteiger partial charge < -0.3 is 14.9 Å². The number of anilines is 2. The van der Waals surface area contributed by atoms with Crippen molar-refractivity contribution >= 4 is 23.0 Å². The molecule has 2 aromatic rings. The lowest BCUT2D eigenvalue weighted by atomic mass is 10.1. The third-order valence-electron chi connectivity index (χ3n) is 4.17. The van der Waals surface area contributed by atoms with E-state index in [9.17, 15) is 5.11 Å². The minimum Gasteiger partial charge on any atom is -0.396 e. The van der Waals surface area contributed by atoms with Crippen LogP contribution >= 0.6 is 11.6 Å². The van der Waals surface area contributed by atoms with Crippen LogP contribution in [0.2, 0.25) is 5.02 Å². The molecule has 116 valence electrons. The van der Waals surface area contributed by atoms with Gasteiger partial charge >= 0.3 is 0 Å². The zero-order chi connectivity index (χ0) is 15.4. The molecule has 4 heteroatoms. The Morgan fingerprint density at radius 3 is 2.36 bits per heavy atom. The van der Waals surface area contributed by atoms with Gasteiger partial charge in [-0.2, -0.15) is 0 Å². The Kier molecular flexibility index (Phi) is 4.86. The summed E-state index contributed by atoms with van der Waals surface area (Å²) in [5.74, 6) is 0. The highest BCUT2D eigenvalue weighted by Gasteiger charge is 2.19. The van der Waals surface area contributed by atoms with Gasteiger partial charge in [0.1, 0.15) is 0 Å². The molecule has 1 fully saturated rings. The SMILES string of the molecule is OCCc1ccccc1N1CCN(c2cccc(Cl)c2)CC1. The number of para-hydroxylation sites is 1. The van der Waals surface area contributed by atoms with E-state index in [1.54, 1.807) is 0 Å². The Hall–Kier alpha value is -1.71. The average Bonchev–Trinajstić information content (AvgIpc) is 2.56. The van der Waals surface area contributed by atoms with Gasteiger partial charge in [-0.05, 0) is 36.2 Å². The maximum atomic E-state index is 9.22. The topological polar surface area (TPSA) is 26.7 Å². The standard InChI is InChI=1S/C18H21ClN2O/c19-16-5-3-6-17(14-16)20-9-11-21(12-10-20)18-7-2-1-4-15(18)8-13-22/h1-7,14,22H,8-13H2. The fourth-order valence-electron chi connectivity index (χ4n) is 3.03. The van der Waals surface area contributed by atoms with Crippen LogP contribution < -0.4 is 9.80 Å². The van der Waals surface area contributed by atoms with Crippen LogP contribution in [0.1, 0.15) is 5.56 Å². The van der Waals surface area contributed by atoms with E-state index in [1.807, 2.05) is 24.3 Å². The summed E-state index contributed by atoms with van der Waals surface area (Å²) in [5.41, 5.74) is 3.67. The highest BCUT2D eigenvalue weighted by Crippen LogP contribution is 2.25. The number of piperazine rings is 1. The number of nitrogens with zero attached hydrogens (tertiary/aromatic N) is 2. The highest BCUT2D eigenvalue weighted by atomic mass is 35.5. The van der Waals surface area contributed by atoms with E-state index in [0.29, 0.717) is 6.42 Å². The molecule has 0 radical (unpaired) electrons. The molecule has 1 heterocycles. The summed E-state index contributed by atoms with van der Waals surface area (Å²) >= 11 is 6.08. The van der Waals surface area contributed by atoms with Gasteiger partial charge in [0.25, 0.3) is 0 Å². The first kappa shape index (κ1) is 15.2. The summed E-state index contributed by atoms with van der Waals surface area (Å²) < 4.78 is 0. The van der Waals surface area contributed by atoms with E-state index in [0.717, 1.165) is 31.2 Å². The van der Waals surface area contributed by atoms with Crippen molar-refractivity contribution in [1.29, 1.82) is 0 Å². The van der Waals surface area contributed by atoms with Crippen molar-refractivity contribution in [3.63, 3.8) is 0 Å². The summed E-state index contributed by atoms with van der Waals surface area (Å²) in [7, 11) is 0. The van der Waals surface area contributed by atoms with E-state index in [4.69, 9.17) is 11.6 Å². The number of hydrogen-bond donors (Lipinski definition) is 1. The van der Waals surface area contributed by atoms with E-state index in [1.165, 1.54) is 16.9 Å². The van der Waals surface area contributed by atoms with Crippen molar-refractivity contribution in [2.45, 2.75) is 6.42 Å². The quantitative estimate of drug-likeness (QED) is 0.938. The Balaban J connectivity index is 1.69. The molecular formula is C18H21ClN2O. The second kappa shape index (κ2) is 7.03. The lowest BCUT2D eigenvalue weighted by Crippen LogP contribution is -2.46. The van der Waals surface area contributed by atoms with Crippen molar-refractivity contribution in [3.8, 4) is 0 Å². The molecular weight excluding hydrogens is 296 g/mol. The molecule has 1 saturated heterocycles. The largest absolute Gasteiger partial charge is 0.396 e. The van der Waals surface area contributed by atoms with Crippen LogP contribution in [-0.2, 0) is 6.42 Å². The van der Waals surface area contributed by atoms with Crippen LogP contribution in [0, 0.1) is 0 Å². The van der Waals surface area contributed by atoms with Gasteiger partial charge in [-0.15, -0.1) is 0 Å². The molecule has 3 rings (SSSR count). The summed E-state index contributed by atoms with van der Waals surface area (Å²) in [6.45, 7) is 4.12. The second-order valence-electron chi connectivity index (χ2n) is 5.56. The monoisotopic (exact) mass is 316 g/mol. The van der Waals surface area contributed by atoms with Crippen molar-refractivity contribution in [2.24, 2.45) is 0 Å². The predicted molar refractivity (Wildman–Crippen MR) is 93.1 cm³/mol. The maximum absolute atomic E-state index is 9.22. The summed E-state index contributed by atoms with van der Waals surface area (Å²) in [6.07, 6.45) is 0.713. The van der Waals surface area contributed by atoms with Crippen molar-refractivity contribution in [1.82, 2.24) is 0 Å². The van der Waals surface area contributed by atoms with Crippen LogP contribution in [0.3, 0.4) is 0 Å². The predicted octanol–water partition coefficient (Wildman–Crippen LogP) is 3.20. The fourth-order valence-corrected chi connectivity index (χ4v) is 3.21. The smallest absolute Gasteiger partial charge is 0.0472 e. The molecule has 3 nitrogen and oxygen atoms in total.